The van der Waals surface area contributed by atoms with Crippen LogP contribution in [0, 0.1) is 0 Å². The first-order chi connectivity index (χ1) is 9.15. The number of benzene rings is 2. The Bertz CT molecular complexity index is 530. The number of Topliss-reactive ketones (excluding diaryl/α,β-unsaturated/α-hetero) is 1. The second-order valence-corrected chi connectivity index (χ2v) is 4.10. The fourth-order valence-electron chi connectivity index (χ4n) is 1.48. The molecule has 2 rings (SSSR count). The molecule has 0 unspecified atom stereocenters. The van der Waals surface area contributed by atoms with Crippen molar-refractivity contribution in [2.75, 3.05) is 7.05 Å². The molecule has 0 fully saturated rings. The molecule has 0 amide bonds. The minimum Gasteiger partial charge on any atom is -0.295 e. The highest BCUT2D eigenvalue weighted by Gasteiger charge is 1.93. The number of hydrogen-bond acceptors (Lipinski definition) is 2. The lowest BCUT2D eigenvalue weighted by Crippen LogP contribution is -1.91. The van der Waals surface area contributed by atoms with Gasteiger partial charge in [-0.25, -0.2) is 0 Å². The molecular formula is C17H19NO. The minimum absolute atomic E-state index is 0.121. The summed E-state index contributed by atoms with van der Waals surface area (Å²) in [7, 11) is 1.81. The van der Waals surface area contributed by atoms with Crippen LogP contribution in [-0.2, 0) is 0 Å². The van der Waals surface area contributed by atoms with Gasteiger partial charge in [0.1, 0.15) is 0 Å². The summed E-state index contributed by atoms with van der Waals surface area (Å²) in [6.07, 6.45) is 0. The van der Waals surface area contributed by atoms with Crippen molar-refractivity contribution in [1.29, 1.82) is 0 Å². The minimum atomic E-state index is 0.121. The SMILES string of the molecule is CC(=O)c1ccccc1.CN=C(C)c1ccccc1. The van der Waals surface area contributed by atoms with Crippen LogP contribution in [0.15, 0.2) is 65.7 Å². The molecule has 0 spiro atoms. The van der Waals surface area contributed by atoms with E-state index in [9.17, 15) is 4.79 Å². The van der Waals surface area contributed by atoms with Crippen LogP contribution in [0.4, 0.5) is 0 Å². The predicted octanol–water partition coefficient (Wildman–Crippen LogP) is 4.01. The molecule has 2 heteroatoms. The van der Waals surface area contributed by atoms with Gasteiger partial charge in [-0.05, 0) is 19.4 Å². The van der Waals surface area contributed by atoms with E-state index in [4.69, 9.17) is 0 Å². The second-order valence-electron chi connectivity index (χ2n) is 4.10. The highest BCUT2D eigenvalue weighted by atomic mass is 16.1. The van der Waals surface area contributed by atoms with Crippen LogP contribution in [-0.4, -0.2) is 18.5 Å². The van der Waals surface area contributed by atoms with E-state index < -0.39 is 0 Å². The quantitative estimate of drug-likeness (QED) is 0.587. The van der Waals surface area contributed by atoms with Gasteiger partial charge in [-0.15, -0.1) is 0 Å². The van der Waals surface area contributed by atoms with Crippen LogP contribution < -0.4 is 0 Å². The fraction of sp³-hybridized carbons (Fsp3) is 0.176. The topological polar surface area (TPSA) is 29.4 Å². The molecule has 0 radical (unpaired) electrons. The smallest absolute Gasteiger partial charge is 0.159 e. The van der Waals surface area contributed by atoms with E-state index in [1.54, 1.807) is 6.92 Å². The van der Waals surface area contributed by atoms with Gasteiger partial charge >= 0.3 is 0 Å². The first-order valence-electron chi connectivity index (χ1n) is 6.20. The standard InChI is InChI=1S/C9H11N.C8H8O/c1-8(10-2)9-6-4-3-5-7-9;1-7(9)8-5-3-2-4-6-8/h3-7H,1-2H3;2-6H,1H3. The Balaban J connectivity index is 0.000000191. The van der Waals surface area contributed by atoms with E-state index in [1.165, 1.54) is 5.56 Å². The monoisotopic (exact) mass is 253 g/mol. The predicted molar refractivity (Wildman–Crippen MR) is 81.0 cm³/mol. The molecule has 0 N–H and O–H groups in total. The molecule has 2 nitrogen and oxygen atoms in total. The summed E-state index contributed by atoms with van der Waals surface area (Å²) in [4.78, 5) is 14.7. The van der Waals surface area contributed by atoms with Crippen LogP contribution in [0.5, 0.6) is 0 Å². The molecule has 0 bridgehead atoms. The fourth-order valence-corrected chi connectivity index (χ4v) is 1.48. The number of carbonyl (C=O) groups excluding carboxylic acids is 1. The number of rotatable bonds is 2. The van der Waals surface area contributed by atoms with Gasteiger partial charge in [0.05, 0.1) is 0 Å². The Kier molecular flexibility index (Phi) is 6.23. The van der Waals surface area contributed by atoms with Gasteiger partial charge < -0.3 is 0 Å². The van der Waals surface area contributed by atoms with Gasteiger partial charge in [-0.1, -0.05) is 60.7 Å². The Labute approximate surface area is 114 Å². The first-order valence-corrected chi connectivity index (χ1v) is 6.20. The summed E-state index contributed by atoms with van der Waals surface area (Å²) < 4.78 is 0. The molecule has 2 aromatic carbocycles. The van der Waals surface area contributed by atoms with Crippen LogP contribution in [0.3, 0.4) is 0 Å². The van der Waals surface area contributed by atoms with Crippen molar-refractivity contribution in [2.24, 2.45) is 4.99 Å². The van der Waals surface area contributed by atoms with Crippen molar-refractivity contribution in [3.05, 3.63) is 71.8 Å². The molecule has 0 aromatic heterocycles. The molecule has 0 atom stereocenters. The lowest BCUT2D eigenvalue weighted by Gasteiger charge is -1.95. The molecule has 0 aliphatic carbocycles. The Morgan fingerprint density at radius 3 is 1.53 bits per heavy atom. The lowest BCUT2D eigenvalue weighted by atomic mass is 10.1. The van der Waals surface area contributed by atoms with E-state index in [-0.39, 0.29) is 5.78 Å². The number of ketones is 1. The molecule has 0 saturated carbocycles. The summed E-state index contributed by atoms with van der Waals surface area (Å²) in [5.74, 6) is 0.121. The number of aliphatic imine (C=N–C) groups is 1. The van der Waals surface area contributed by atoms with Crippen LogP contribution in [0.25, 0.3) is 0 Å². The first kappa shape index (κ1) is 14.8. The van der Waals surface area contributed by atoms with Gasteiger partial charge in [0, 0.05) is 18.3 Å². The lowest BCUT2D eigenvalue weighted by molar-refractivity contribution is 0.101. The van der Waals surface area contributed by atoms with Crippen molar-refractivity contribution in [1.82, 2.24) is 0 Å². The van der Waals surface area contributed by atoms with Gasteiger partial charge in [0.25, 0.3) is 0 Å². The average molecular weight is 253 g/mol. The molecule has 0 aliphatic heterocycles. The third-order valence-corrected chi connectivity index (χ3v) is 2.71. The highest BCUT2D eigenvalue weighted by Crippen LogP contribution is 1.99. The largest absolute Gasteiger partial charge is 0.295 e. The van der Waals surface area contributed by atoms with E-state index in [0.717, 1.165) is 11.3 Å². The van der Waals surface area contributed by atoms with Crippen LogP contribution >= 0.6 is 0 Å². The Morgan fingerprint density at radius 1 is 0.789 bits per heavy atom. The van der Waals surface area contributed by atoms with E-state index >= 15 is 0 Å². The van der Waals surface area contributed by atoms with Crippen LogP contribution in [0.1, 0.15) is 29.8 Å². The zero-order valence-electron chi connectivity index (χ0n) is 11.6. The number of nitrogens with zero attached hydrogens (tertiary/aromatic N) is 1. The van der Waals surface area contributed by atoms with E-state index in [1.807, 2.05) is 62.5 Å². The zero-order valence-corrected chi connectivity index (χ0v) is 11.6. The highest BCUT2D eigenvalue weighted by molar-refractivity contribution is 5.98. The molecule has 0 aliphatic rings. The third-order valence-electron chi connectivity index (χ3n) is 2.71. The van der Waals surface area contributed by atoms with Crippen molar-refractivity contribution in [3.63, 3.8) is 0 Å². The maximum atomic E-state index is 10.6. The van der Waals surface area contributed by atoms with Gasteiger partial charge in [0.2, 0.25) is 0 Å². The Hall–Kier alpha value is -2.22. The number of carbonyl (C=O) groups is 1. The summed E-state index contributed by atoms with van der Waals surface area (Å²) in [5.41, 5.74) is 3.06. The van der Waals surface area contributed by atoms with E-state index in [2.05, 4.69) is 17.1 Å². The molecule has 98 valence electrons. The van der Waals surface area contributed by atoms with Crippen LogP contribution in [0.2, 0.25) is 0 Å². The second kappa shape index (κ2) is 7.98. The molecule has 0 heterocycles. The molecule has 0 saturated heterocycles. The van der Waals surface area contributed by atoms with Crippen molar-refractivity contribution < 1.29 is 4.79 Å². The van der Waals surface area contributed by atoms with Gasteiger partial charge in [0.15, 0.2) is 5.78 Å². The third kappa shape index (κ3) is 5.30. The number of hydrogen-bond donors (Lipinski definition) is 0. The van der Waals surface area contributed by atoms with Crippen molar-refractivity contribution >= 4 is 11.5 Å². The normalized spacial score (nSPS) is 10.4. The Morgan fingerprint density at radius 2 is 1.21 bits per heavy atom. The maximum Gasteiger partial charge on any atom is 0.159 e. The van der Waals surface area contributed by atoms with Crippen molar-refractivity contribution in [2.45, 2.75) is 13.8 Å². The molecule has 2 aromatic rings. The summed E-state index contributed by atoms with van der Waals surface area (Å²) in [6.45, 7) is 3.57. The summed E-state index contributed by atoms with van der Waals surface area (Å²) >= 11 is 0. The summed E-state index contributed by atoms with van der Waals surface area (Å²) in [5, 5.41) is 0. The van der Waals surface area contributed by atoms with E-state index in [0.29, 0.717) is 0 Å². The average Bonchev–Trinajstić information content (AvgIpc) is 2.49. The zero-order chi connectivity index (χ0) is 14.1. The molecular weight excluding hydrogens is 234 g/mol. The van der Waals surface area contributed by atoms with Gasteiger partial charge in [-0.3, -0.25) is 9.79 Å². The molecule has 19 heavy (non-hydrogen) atoms. The maximum absolute atomic E-state index is 10.6. The van der Waals surface area contributed by atoms with Gasteiger partial charge in [-0.2, -0.15) is 0 Å². The summed E-state index contributed by atoms with van der Waals surface area (Å²) in [6, 6.07) is 19.4. The van der Waals surface area contributed by atoms with Crippen molar-refractivity contribution in [3.8, 4) is 0 Å².